The highest BCUT2D eigenvalue weighted by Gasteiger charge is 2.33. The van der Waals surface area contributed by atoms with Gasteiger partial charge in [-0.2, -0.15) is 13.2 Å². The van der Waals surface area contributed by atoms with Gasteiger partial charge >= 0.3 is 6.18 Å². The average Bonchev–Trinajstić information content (AvgIpc) is 2.62. The van der Waals surface area contributed by atoms with Gasteiger partial charge in [-0.15, -0.1) is 0 Å². The third-order valence-electron chi connectivity index (χ3n) is 5.09. The summed E-state index contributed by atoms with van der Waals surface area (Å²) >= 11 is 0. The molecule has 0 aliphatic carbocycles. The van der Waals surface area contributed by atoms with Crippen LogP contribution >= 0.6 is 0 Å². The summed E-state index contributed by atoms with van der Waals surface area (Å²) in [5, 5.41) is 6.17. The summed E-state index contributed by atoms with van der Waals surface area (Å²) in [6.45, 7) is 6.17. The average molecular weight is 401 g/mol. The van der Waals surface area contributed by atoms with E-state index in [1.807, 2.05) is 26.0 Å². The number of carbonyl (C=O) groups excluding carboxylic acids is 1. The summed E-state index contributed by atoms with van der Waals surface area (Å²) < 4.78 is 43.0. The number of anilines is 1. The van der Waals surface area contributed by atoms with Crippen LogP contribution in [0.3, 0.4) is 0 Å². The Hall–Kier alpha value is -1.80. The van der Waals surface area contributed by atoms with Gasteiger partial charge in [0.2, 0.25) is 5.91 Å². The van der Waals surface area contributed by atoms with Crippen LogP contribution in [0.1, 0.15) is 33.6 Å². The number of ether oxygens (including phenoxy) is 1. The fourth-order valence-electron chi connectivity index (χ4n) is 3.56. The zero-order valence-electron chi connectivity index (χ0n) is 16.7. The third kappa shape index (κ3) is 6.98. The van der Waals surface area contributed by atoms with Crippen molar-refractivity contribution in [1.29, 1.82) is 0 Å². The number of halogens is 3. The fourth-order valence-corrected chi connectivity index (χ4v) is 3.56. The van der Waals surface area contributed by atoms with Crippen LogP contribution in [-0.4, -0.2) is 55.3 Å². The lowest BCUT2D eigenvalue weighted by Gasteiger charge is -2.36. The summed E-state index contributed by atoms with van der Waals surface area (Å²) in [5.74, 6) is 0.694. The van der Waals surface area contributed by atoms with Gasteiger partial charge in [0.05, 0.1) is 24.9 Å². The molecule has 28 heavy (non-hydrogen) atoms. The molecule has 8 heteroatoms. The number of carbonyl (C=O) groups is 1. The van der Waals surface area contributed by atoms with Crippen molar-refractivity contribution in [3.05, 3.63) is 24.3 Å². The van der Waals surface area contributed by atoms with Crippen molar-refractivity contribution < 1.29 is 22.7 Å². The number of alkyl halides is 3. The second-order valence-electron chi connectivity index (χ2n) is 7.32. The van der Waals surface area contributed by atoms with E-state index in [1.165, 1.54) is 4.90 Å². The first-order valence-corrected chi connectivity index (χ1v) is 9.77. The van der Waals surface area contributed by atoms with Crippen molar-refractivity contribution in [3.63, 3.8) is 0 Å². The first-order valence-electron chi connectivity index (χ1n) is 9.77. The van der Waals surface area contributed by atoms with Crippen LogP contribution in [0.15, 0.2) is 24.3 Å². The molecule has 1 fully saturated rings. The molecule has 1 aromatic rings. The molecule has 2 atom stereocenters. The van der Waals surface area contributed by atoms with E-state index in [-0.39, 0.29) is 17.9 Å². The van der Waals surface area contributed by atoms with Gasteiger partial charge in [0.25, 0.3) is 0 Å². The topological polar surface area (TPSA) is 53.6 Å². The molecule has 0 unspecified atom stereocenters. The molecule has 158 valence electrons. The third-order valence-corrected chi connectivity index (χ3v) is 5.09. The zero-order chi connectivity index (χ0) is 20.7. The minimum absolute atomic E-state index is 0.0379. The van der Waals surface area contributed by atoms with E-state index in [2.05, 4.69) is 10.6 Å². The molecule has 1 amide bonds. The SMILES string of the molecule is CCOc1ccccc1NC(=O)[C@H](C)N[C@@H](C)C1CCN(CC(F)(F)F)CC1. The number of amides is 1. The molecule has 2 rings (SSSR count). The molecule has 1 aliphatic heterocycles. The first-order chi connectivity index (χ1) is 13.2. The maximum atomic E-state index is 12.5. The molecule has 0 saturated carbocycles. The number of benzene rings is 1. The fraction of sp³-hybridized carbons (Fsp3) is 0.650. The van der Waals surface area contributed by atoms with Gasteiger partial charge in [-0.1, -0.05) is 12.1 Å². The molecular formula is C20H30F3N3O2. The van der Waals surface area contributed by atoms with Crippen molar-refractivity contribution in [2.75, 3.05) is 31.6 Å². The Morgan fingerprint density at radius 3 is 2.50 bits per heavy atom. The van der Waals surface area contributed by atoms with Crippen LogP contribution in [0, 0.1) is 5.92 Å². The van der Waals surface area contributed by atoms with Crippen molar-refractivity contribution in [2.24, 2.45) is 5.92 Å². The van der Waals surface area contributed by atoms with Gasteiger partial charge in [-0.25, -0.2) is 0 Å². The van der Waals surface area contributed by atoms with Gasteiger partial charge in [-0.3, -0.25) is 9.69 Å². The molecule has 5 nitrogen and oxygen atoms in total. The lowest BCUT2D eigenvalue weighted by Crippen LogP contribution is -2.49. The molecule has 0 spiro atoms. The Bertz CT molecular complexity index is 631. The van der Waals surface area contributed by atoms with E-state index in [1.54, 1.807) is 19.1 Å². The highest BCUT2D eigenvalue weighted by atomic mass is 19.4. The normalized spacial score (nSPS) is 18.5. The Balaban J connectivity index is 1.82. The molecule has 2 N–H and O–H groups in total. The van der Waals surface area contributed by atoms with Crippen molar-refractivity contribution in [2.45, 2.75) is 51.9 Å². The molecule has 1 aromatic carbocycles. The number of nitrogens with zero attached hydrogens (tertiary/aromatic N) is 1. The monoisotopic (exact) mass is 401 g/mol. The maximum Gasteiger partial charge on any atom is 0.401 e. The summed E-state index contributed by atoms with van der Waals surface area (Å²) in [6.07, 6.45) is -2.78. The van der Waals surface area contributed by atoms with Crippen LogP contribution < -0.4 is 15.4 Å². The van der Waals surface area contributed by atoms with Gasteiger partial charge in [0.15, 0.2) is 0 Å². The predicted molar refractivity (Wildman–Crippen MR) is 104 cm³/mol. The Morgan fingerprint density at radius 2 is 1.89 bits per heavy atom. The van der Waals surface area contributed by atoms with E-state index in [9.17, 15) is 18.0 Å². The molecule has 0 radical (unpaired) electrons. The van der Waals surface area contributed by atoms with Crippen LogP contribution in [-0.2, 0) is 4.79 Å². The van der Waals surface area contributed by atoms with Gasteiger partial charge in [0.1, 0.15) is 5.75 Å². The lowest BCUT2D eigenvalue weighted by molar-refractivity contribution is -0.148. The van der Waals surface area contributed by atoms with Crippen LogP contribution in [0.2, 0.25) is 0 Å². The summed E-state index contributed by atoms with van der Waals surface area (Å²) in [6, 6.07) is 6.86. The van der Waals surface area contributed by atoms with E-state index in [0.717, 1.165) is 0 Å². The van der Waals surface area contributed by atoms with E-state index >= 15 is 0 Å². The standard InChI is InChI=1S/C20H30F3N3O2/c1-4-28-18-8-6-5-7-17(18)25-19(27)15(3)24-14(2)16-9-11-26(12-10-16)13-20(21,22)23/h5-8,14-16,24H,4,9-13H2,1-3H3,(H,25,27)/t14-,15-/m0/s1. The summed E-state index contributed by atoms with van der Waals surface area (Å²) in [4.78, 5) is 14.0. The van der Waals surface area contributed by atoms with Crippen molar-refractivity contribution >= 4 is 11.6 Å². The molecule has 0 aromatic heterocycles. The number of para-hydroxylation sites is 2. The second-order valence-corrected chi connectivity index (χ2v) is 7.32. The maximum absolute atomic E-state index is 12.5. The second kappa shape index (κ2) is 10.1. The minimum Gasteiger partial charge on any atom is -0.492 e. The summed E-state index contributed by atoms with van der Waals surface area (Å²) in [5.41, 5.74) is 0.621. The van der Waals surface area contributed by atoms with E-state index in [4.69, 9.17) is 4.74 Å². The Kier molecular flexibility index (Phi) is 8.12. The van der Waals surface area contributed by atoms with Gasteiger partial charge < -0.3 is 15.4 Å². The number of piperidine rings is 1. The number of nitrogens with one attached hydrogen (secondary N) is 2. The van der Waals surface area contributed by atoms with E-state index in [0.29, 0.717) is 44.0 Å². The highest BCUT2D eigenvalue weighted by Crippen LogP contribution is 2.26. The van der Waals surface area contributed by atoms with Gasteiger partial charge in [0, 0.05) is 6.04 Å². The number of hydrogen-bond acceptors (Lipinski definition) is 4. The van der Waals surface area contributed by atoms with Gasteiger partial charge in [-0.05, 0) is 64.8 Å². The number of hydrogen-bond donors (Lipinski definition) is 2. The number of likely N-dealkylation sites (tertiary alicyclic amines) is 1. The predicted octanol–water partition coefficient (Wildman–Crippen LogP) is 3.66. The molecule has 1 aliphatic rings. The summed E-state index contributed by atoms with van der Waals surface area (Å²) in [7, 11) is 0. The minimum atomic E-state index is -4.15. The quantitative estimate of drug-likeness (QED) is 0.698. The molecule has 0 bridgehead atoms. The highest BCUT2D eigenvalue weighted by molar-refractivity contribution is 5.95. The van der Waals surface area contributed by atoms with E-state index < -0.39 is 18.8 Å². The molecule has 1 saturated heterocycles. The Morgan fingerprint density at radius 1 is 1.25 bits per heavy atom. The molecular weight excluding hydrogens is 371 g/mol. The zero-order valence-corrected chi connectivity index (χ0v) is 16.7. The molecule has 1 heterocycles. The lowest BCUT2D eigenvalue weighted by atomic mass is 9.90. The first kappa shape index (κ1) is 22.5. The Labute approximate surface area is 164 Å². The van der Waals surface area contributed by atoms with Crippen molar-refractivity contribution in [3.8, 4) is 5.75 Å². The number of rotatable bonds is 8. The van der Waals surface area contributed by atoms with Crippen LogP contribution in [0.5, 0.6) is 5.75 Å². The smallest absolute Gasteiger partial charge is 0.401 e. The van der Waals surface area contributed by atoms with Crippen LogP contribution in [0.25, 0.3) is 0 Å². The van der Waals surface area contributed by atoms with Crippen molar-refractivity contribution in [1.82, 2.24) is 10.2 Å². The van der Waals surface area contributed by atoms with Crippen LogP contribution in [0.4, 0.5) is 18.9 Å². The largest absolute Gasteiger partial charge is 0.492 e.